The van der Waals surface area contributed by atoms with Crippen LogP contribution in [0.2, 0.25) is 5.15 Å². The summed E-state index contributed by atoms with van der Waals surface area (Å²) in [6.07, 6.45) is 1.20. The van der Waals surface area contributed by atoms with Crippen LogP contribution in [0.5, 0.6) is 0 Å². The smallest absolute Gasteiger partial charge is 0.332 e. The Labute approximate surface area is 175 Å². The molecule has 2 heterocycles. The number of methoxy groups -OCH3 is 1. The van der Waals surface area contributed by atoms with Crippen LogP contribution in [0.15, 0.2) is 41.5 Å². The number of benzene rings is 1. The van der Waals surface area contributed by atoms with E-state index in [1.165, 1.54) is 30.5 Å². The lowest BCUT2D eigenvalue weighted by Crippen LogP contribution is -2.50. The Bertz CT molecular complexity index is 991. The standard InChI is InChI=1S/C18H15ClN6O5/c1-30-17(28)12(8-9-20-23-14-7-6-13(19)22-24-14)21-18(29)25-15(26)10-4-2-3-5-11(10)16(25)27/h2-7,9,12H,8H2,1H3,(H,21,29)(H,23,24)/b20-9+/t12-/m0/s1. The maximum absolute atomic E-state index is 12.5. The van der Waals surface area contributed by atoms with Gasteiger partial charge in [0, 0.05) is 12.6 Å². The van der Waals surface area contributed by atoms with Crippen molar-refractivity contribution in [3.05, 3.63) is 52.7 Å². The summed E-state index contributed by atoms with van der Waals surface area (Å²) in [6.45, 7) is 0. The number of hydrazone groups is 1. The van der Waals surface area contributed by atoms with Crippen molar-refractivity contribution < 1.29 is 23.9 Å². The second-order valence-corrected chi connectivity index (χ2v) is 6.30. The van der Waals surface area contributed by atoms with Gasteiger partial charge in [-0.25, -0.2) is 9.59 Å². The van der Waals surface area contributed by atoms with Crippen LogP contribution in [0.25, 0.3) is 0 Å². The molecular weight excluding hydrogens is 416 g/mol. The van der Waals surface area contributed by atoms with Crippen molar-refractivity contribution in [2.75, 3.05) is 12.5 Å². The molecule has 154 valence electrons. The third-order valence-electron chi connectivity index (χ3n) is 4.02. The maximum Gasteiger partial charge on any atom is 0.332 e. The number of nitrogens with zero attached hydrogens (tertiary/aromatic N) is 4. The topological polar surface area (TPSA) is 143 Å². The van der Waals surface area contributed by atoms with Gasteiger partial charge in [-0.1, -0.05) is 23.7 Å². The maximum atomic E-state index is 12.5. The number of amides is 4. The lowest BCUT2D eigenvalue weighted by molar-refractivity contribution is -0.142. The number of ether oxygens (including phenoxy) is 1. The van der Waals surface area contributed by atoms with E-state index in [2.05, 4.69) is 30.8 Å². The number of hydrogen-bond acceptors (Lipinski definition) is 9. The molecule has 12 heteroatoms. The molecule has 1 aliphatic rings. The zero-order valence-corrected chi connectivity index (χ0v) is 16.3. The summed E-state index contributed by atoms with van der Waals surface area (Å²) >= 11 is 5.63. The van der Waals surface area contributed by atoms with Gasteiger partial charge in [0.15, 0.2) is 11.0 Å². The van der Waals surface area contributed by atoms with Gasteiger partial charge in [-0.05, 0) is 24.3 Å². The summed E-state index contributed by atoms with van der Waals surface area (Å²) in [7, 11) is 1.14. The van der Waals surface area contributed by atoms with Crippen LogP contribution in [0.4, 0.5) is 10.6 Å². The van der Waals surface area contributed by atoms with E-state index >= 15 is 0 Å². The molecule has 3 rings (SSSR count). The molecule has 1 aromatic carbocycles. The van der Waals surface area contributed by atoms with Gasteiger partial charge in [0.25, 0.3) is 11.8 Å². The van der Waals surface area contributed by atoms with Gasteiger partial charge >= 0.3 is 12.0 Å². The average molecular weight is 431 g/mol. The quantitative estimate of drug-likeness (QED) is 0.303. The molecule has 1 aromatic heterocycles. The third kappa shape index (κ3) is 4.41. The van der Waals surface area contributed by atoms with Crippen LogP contribution in [0.1, 0.15) is 27.1 Å². The molecule has 0 saturated carbocycles. The number of hydrogen-bond donors (Lipinski definition) is 2. The third-order valence-corrected chi connectivity index (χ3v) is 4.23. The first-order chi connectivity index (χ1) is 14.4. The normalized spacial score (nSPS) is 13.9. The van der Waals surface area contributed by atoms with Crippen molar-refractivity contribution in [1.82, 2.24) is 20.4 Å². The second-order valence-electron chi connectivity index (χ2n) is 5.92. The average Bonchev–Trinajstić information content (AvgIpc) is 3.01. The van der Waals surface area contributed by atoms with E-state index in [1.54, 1.807) is 12.1 Å². The first-order valence-corrected chi connectivity index (χ1v) is 8.93. The Morgan fingerprint density at radius 2 is 1.83 bits per heavy atom. The summed E-state index contributed by atoms with van der Waals surface area (Å²) in [5.41, 5.74) is 2.80. The van der Waals surface area contributed by atoms with Crippen molar-refractivity contribution in [2.45, 2.75) is 12.5 Å². The summed E-state index contributed by atoms with van der Waals surface area (Å²) < 4.78 is 4.66. The molecule has 0 aliphatic carbocycles. The lowest BCUT2D eigenvalue weighted by atomic mass is 10.1. The number of nitrogens with one attached hydrogen (secondary N) is 2. The number of halogens is 1. The molecule has 2 aromatic rings. The molecule has 0 unspecified atom stereocenters. The van der Waals surface area contributed by atoms with Crippen LogP contribution in [-0.2, 0) is 9.53 Å². The minimum atomic E-state index is -1.19. The minimum Gasteiger partial charge on any atom is -0.467 e. The summed E-state index contributed by atoms with van der Waals surface area (Å²) in [6, 6.07) is 6.86. The molecule has 0 spiro atoms. The Balaban J connectivity index is 1.65. The Morgan fingerprint density at radius 3 is 2.40 bits per heavy atom. The number of esters is 1. The van der Waals surface area contributed by atoms with Crippen molar-refractivity contribution in [2.24, 2.45) is 5.10 Å². The second kappa shape index (κ2) is 9.09. The SMILES string of the molecule is COC(=O)[C@H](C/C=N/Nc1ccc(Cl)nn1)NC(=O)N1C(=O)c2ccccc2C1=O. The zero-order chi connectivity index (χ0) is 21.7. The molecule has 0 radical (unpaired) electrons. The predicted octanol–water partition coefficient (Wildman–Crippen LogP) is 1.47. The number of urea groups is 1. The van der Waals surface area contributed by atoms with Crippen LogP contribution < -0.4 is 10.7 Å². The van der Waals surface area contributed by atoms with Crippen molar-refractivity contribution in [3.63, 3.8) is 0 Å². The van der Waals surface area contributed by atoms with E-state index in [4.69, 9.17) is 11.6 Å². The van der Waals surface area contributed by atoms with Gasteiger partial charge in [-0.15, -0.1) is 10.2 Å². The number of anilines is 1. The van der Waals surface area contributed by atoms with Gasteiger partial charge in [-0.2, -0.15) is 10.0 Å². The van der Waals surface area contributed by atoms with E-state index < -0.39 is 29.9 Å². The summed E-state index contributed by atoms with van der Waals surface area (Å²) in [4.78, 5) is 49.7. The fraction of sp³-hybridized carbons (Fsp3) is 0.167. The zero-order valence-electron chi connectivity index (χ0n) is 15.5. The molecule has 30 heavy (non-hydrogen) atoms. The van der Waals surface area contributed by atoms with Crippen LogP contribution in [0, 0.1) is 0 Å². The molecule has 2 N–H and O–H groups in total. The fourth-order valence-electron chi connectivity index (χ4n) is 2.59. The number of fused-ring (bicyclic) bond motifs is 1. The summed E-state index contributed by atoms with van der Waals surface area (Å²) in [5.74, 6) is -2.01. The Hall–Kier alpha value is -3.86. The highest BCUT2D eigenvalue weighted by Crippen LogP contribution is 2.22. The van der Waals surface area contributed by atoms with Crippen LogP contribution >= 0.6 is 11.6 Å². The van der Waals surface area contributed by atoms with Crippen molar-refractivity contribution >= 4 is 47.4 Å². The van der Waals surface area contributed by atoms with E-state index in [-0.39, 0.29) is 22.7 Å². The predicted molar refractivity (Wildman–Crippen MR) is 105 cm³/mol. The number of aromatic nitrogens is 2. The Kier molecular flexibility index (Phi) is 6.32. The molecular formula is C18H15ClN6O5. The van der Waals surface area contributed by atoms with Gasteiger partial charge < -0.3 is 10.1 Å². The number of imide groups is 3. The van der Waals surface area contributed by atoms with Gasteiger partial charge in [-0.3, -0.25) is 15.0 Å². The summed E-state index contributed by atoms with van der Waals surface area (Å²) in [5, 5.41) is 13.8. The molecule has 0 bridgehead atoms. The van der Waals surface area contributed by atoms with Crippen molar-refractivity contribution in [3.8, 4) is 0 Å². The highest BCUT2D eigenvalue weighted by molar-refractivity contribution is 6.29. The molecule has 0 saturated heterocycles. The van der Waals surface area contributed by atoms with E-state index in [0.29, 0.717) is 10.7 Å². The molecule has 4 amide bonds. The monoisotopic (exact) mass is 430 g/mol. The molecule has 0 fully saturated rings. The number of rotatable bonds is 6. The van der Waals surface area contributed by atoms with Crippen LogP contribution in [0.3, 0.4) is 0 Å². The van der Waals surface area contributed by atoms with Gasteiger partial charge in [0.2, 0.25) is 0 Å². The largest absolute Gasteiger partial charge is 0.467 e. The van der Waals surface area contributed by atoms with E-state index in [0.717, 1.165) is 7.11 Å². The van der Waals surface area contributed by atoms with Crippen molar-refractivity contribution in [1.29, 1.82) is 0 Å². The number of carbonyl (C=O) groups excluding carboxylic acids is 4. The molecule has 1 aliphatic heterocycles. The van der Waals surface area contributed by atoms with Gasteiger partial charge in [0.05, 0.1) is 18.2 Å². The van der Waals surface area contributed by atoms with Crippen LogP contribution in [-0.4, -0.2) is 58.3 Å². The Morgan fingerprint density at radius 1 is 1.17 bits per heavy atom. The highest BCUT2D eigenvalue weighted by atomic mass is 35.5. The van der Waals surface area contributed by atoms with Gasteiger partial charge in [0.1, 0.15) is 6.04 Å². The number of carbonyl (C=O) groups is 4. The fourth-order valence-corrected chi connectivity index (χ4v) is 2.69. The first-order valence-electron chi connectivity index (χ1n) is 8.55. The first kappa shape index (κ1) is 20.9. The lowest BCUT2D eigenvalue weighted by Gasteiger charge is -2.18. The minimum absolute atomic E-state index is 0.0877. The van der Waals surface area contributed by atoms with E-state index in [1.807, 2.05) is 0 Å². The highest BCUT2D eigenvalue weighted by Gasteiger charge is 2.40. The van der Waals surface area contributed by atoms with E-state index in [9.17, 15) is 19.2 Å². The molecule has 11 nitrogen and oxygen atoms in total. The molecule has 1 atom stereocenters.